The highest BCUT2D eigenvalue weighted by Gasteiger charge is 2.15. The van der Waals surface area contributed by atoms with Gasteiger partial charge in [0.05, 0.1) is 21.3 Å². The summed E-state index contributed by atoms with van der Waals surface area (Å²) < 4.78 is 23.9. The molecule has 0 fully saturated rings. The van der Waals surface area contributed by atoms with Crippen molar-refractivity contribution in [3.05, 3.63) is 40.8 Å². The number of nitrogens with one attached hydrogen (secondary N) is 1. The van der Waals surface area contributed by atoms with Crippen LogP contribution in [0, 0.1) is 0 Å². The van der Waals surface area contributed by atoms with Crippen molar-refractivity contribution in [3.8, 4) is 0 Å². The standard InChI is InChI=1S/C13H16N2O2S2/c1-2-19(16,17)12-6-4-3-5-11(12)14-8-7-13-15-9-10-18-13/h3-6,9-10,14H,2,7-8H2,1H3. The maximum absolute atomic E-state index is 12.0. The molecule has 0 radical (unpaired) electrons. The molecule has 1 N–H and O–H groups in total. The van der Waals surface area contributed by atoms with Gasteiger partial charge in [-0.3, -0.25) is 0 Å². The molecule has 6 heteroatoms. The predicted octanol–water partition coefficient (Wildman–Crippen LogP) is 2.59. The first-order valence-corrected chi connectivity index (χ1v) is 8.60. The number of para-hydroxylation sites is 1. The van der Waals surface area contributed by atoms with Crippen LogP contribution in [0.15, 0.2) is 40.7 Å². The number of aromatic nitrogens is 1. The zero-order valence-electron chi connectivity index (χ0n) is 10.7. The summed E-state index contributed by atoms with van der Waals surface area (Å²) in [6.07, 6.45) is 2.56. The fraction of sp³-hybridized carbons (Fsp3) is 0.308. The third-order valence-electron chi connectivity index (χ3n) is 2.74. The molecule has 0 aliphatic carbocycles. The number of rotatable bonds is 6. The van der Waals surface area contributed by atoms with E-state index in [1.54, 1.807) is 42.7 Å². The second-order valence-electron chi connectivity index (χ2n) is 4.00. The van der Waals surface area contributed by atoms with Gasteiger partial charge in [0.2, 0.25) is 0 Å². The van der Waals surface area contributed by atoms with Crippen molar-refractivity contribution in [3.63, 3.8) is 0 Å². The molecule has 0 saturated carbocycles. The fourth-order valence-electron chi connectivity index (χ4n) is 1.72. The lowest BCUT2D eigenvalue weighted by molar-refractivity contribution is 0.597. The Labute approximate surface area is 117 Å². The number of sulfone groups is 1. The van der Waals surface area contributed by atoms with Gasteiger partial charge in [-0.1, -0.05) is 19.1 Å². The summed E-state index contributed by atoms with van der Waals surface area (Å²) in [6.45, 7) is 2.32. The second-order valence-corrected chi connectivity index (χ2v) is 7.23. The Kier molecular flexibility index (Phi) is 4.55. The molecule has 2 aromatic rings. The minimum atomic E-state index is -3.19. The molecule has 0 aliphatic heterocycles. The number of anilines is 1. The molecule has 19 heavy (non-hydrogen) atoms. The maximum Gasteiger partial charge on any atom is 0.180 e. The summed E-state index contributed by atoms with van der Waals surface area (Å²) >= 11 is 1.60. The Bertz CT molecular complexity index is 622. The monoisotopic (exact) mass is 296 g/mol. The highest BCUT2D eigenvalue weighted by atomic mass is 32.2. The van der Waals surface area contributed by atoms with Crippen LogP contribution in [0.5, 0.6) is 0 Å². The van der Waals surface area contributed by atoms with Gasteiger partial charge in [0.1, 0.15) is 0 Å². The van der Waals surface area contributed by atoms with Gasteiger partial charge in [-0.25, -0.2) is 13.4 Å². The predicted molar refractivity (Wildman–Crippen MR) is 78.5 cm³/mol. The maximum atomic E-state index is 12.0. The minimum Gasteiger partial charge on any atom is -0.384 e. The van der Waals surface area contributed by atoms with Crippen LogP contribution in [-0.4, -0.2) is 25.7 Å². The molecule has 0 bridgehead atoms. The number of thiazole rings is 1. The van der Waals surface area contributed by atoms with Gasteiger partial charge in [-0.05, 0) is 12.1 Å². The van der Waals surface area contributed by atoms with Crippen LogP contribution in [0.2, 0.25) is 0 Å². The van der Waals surface area contributed by atoms with E-state index in [1.807, 2.05) is 11.4 Å². The first kappa shape index (κ1) is 14.0. The van der Waals surface area contributed by atoms with E-state index in [0.29, 0.717) is 17.1 Å². The van der Waals surface area contributed by atoms with E-state index in [2.05, 4.69) is 10.3 Å². The molecule has 0 atom stereocenters. The van der Waals surface area contributed by atoms with Crippen LogP contribution in [-0.2, 0) is 16.3 Å². The number of hydrogen-bond acceptors (Lipinski definition) is 5. The Morgan fingerprint density at radius 1 is 1.32 bits per heavy atom. The summed E-state index contributed by atoms with van der Waals surface area (Å²) in [5.41, 5.74) is 0.668. The van der Waals surface area contributed by atoms with E-state index in [0.717, 1.165) is 11.4 Å². The molecule has 102 valence electrons. The average Bonchev–Trinajstić information content (AvgIpc) is 2.92. The third-order valence-corrected chi connectivity index (χ3v) is 5.37. The molecule has 0 unspecified atom stereocenters. The number of benzene rings is 1. The summed E-state index contributed by atoms with van der Waals surface area (Å²) in [6, 6.07) is 7.02. The van der Waals surface area contributed by atoms with E-state index in [4.69, 9.17) is 0 Å². The van der Waals surface area contributed by atoms with E-state index in [1.165, 1.54) is 0 Å². The zero-order valence-corrected chi connectivity index (χ0v) is 12.3. The Hall–Kier alpha value is -1.40. The topological polar surface area (TPSA) is 59.1 Å². The molecule has 1 aromatic carbocycles. The lowest BCUT2D eigenvalue weighted by Gasteiger charge is -2.11. The molecule has 0 amide bonds. The van der Waals surface area contributed by atoms with Gasteiger partial charge in [-0.2, -0.15) is 0 Å². The van der Waals surface area contributed by atoms with Crippen molar-refractivity contribution in [1.29, 1.82) is 0 Å². The van der Waals surface area contributed by atoms with Crippen molar-refractivity contribution >= 4 is 26.9 Å². The van der Waals surface area contributed by atoms with Crippen molar-refractivity contribution < 1.29 is 8.42 Å². The molecule has 2 rings (SSSR count). The van der Waals surface area contributed by atoms with Crippen molar-refractivity contribution in [2.24, 2.45) is 0 Å². The van der Waals surface area contributed by atoms with E-state index in [9.17, 15) is 8.42 Å². The molecule has 0 spiro atoms. The normalized spacial score (nSPS) is 11.4. The van der Waals surface area contributed by atoms with Crippen LogP contribution >= 0.6 is 11.3 Å². The minimum absolute atomic E-state index is 0.109. The average molecular weight is 296 g/mol. The fourth-order valence-corrected chi connectivity index (χ4v) is 3.41. The summed E-state index contributed by atoms with van der Waals surface area (Å²) in [5.74, 6) is 0.109. The summed E-state index contributed by atoms with van der Waals surface area (Å²) in [7, 11) is -3.19. The first-order chi connectivity index (χ1) is 9.13. The van der Waals surface area contributed by atoms with Crippen LogP contribution in [0.3, 0.4) is 0 Å². The molecule has 1 aromatic heterocycles. The molecule has 0 saturated heterocycles. The first-order valence-electron chi connectivity index (χ1n) is 6.07. The highest BCUT2D eigenvalue weighted by molar-refractivity contribution is 7.91. The van der Waals surface area contributed by atoms with Crippen LogP contribution in [0.4, 0.5) is 5.69 Å². The van der Waals surface area contributed by atoms with Gasteiger partial charge >= 0.3 is 0 Å². The third kappa shape index (κ3) is 3.54. The van der Waals surface area contributed by atoms with Crippen LogP contribution in [0.25, 0.3) is 0 Å². The van der Waals surface area contributed by atoms with E-state index < -0.39 is 9.84 Å². The number of hydrogen-bond donors (Lipinski definition) is 1. The Balaban J connectivity index is 2.08. The summed E-state index contributed by atoms with van der Waals surface area (Å²) in [5, 5.41) is 6.16. The zero-order chi connectivity index (χ0) is 13.7. The van der Waals surface area contributed by atoms with E-state index in [-0.39, 0.29) is 5.75 Å². The van der Waals surface area contributed by atoms with E-state index >= 15 is 0 Å². The summed E-state index contributed by atoms with van der Waals surface area (Å²) in [4.78, 5) is 4.57. The molecule has 1 heterocycles. The van der Waals surface area contributed by atoms with Gasteiger partial charge in [-0.15, -0.1) is 11.3 Å². The quantitative estimate of drug-likeness (QED) is 0.890. The van der Waals surface area contributed by atoms with Crippen LogP contribution < -0.4 is 5.32 Å². The van der Waals surface area contributed by atoms with Gasteiger partial charge < -0.3 is 5.32 Å². The number of nitrogens with zero attached hydrogens (tertiary/aromatic N) is 1. The highest BCUT2D eigenvalue weighted by Crippen LogP contribution is 2.22. The van der Waals surface area contributed by atoms with Gasteiger partial charge in [0.15, 0.2) is 9.84 Å². The molecule has 4 nitrogen and oxygen atoms in total. The van der Waals surface area contributed by atoms with Gasteiger partial charge in [0.25, 0.3) is 0 Å². The van der Waals surface area contributed by atoms with Crippen molar-refractivity contribution in [2.75, 3.05) is 17.6 Å². The molecular formula is C13H16N2O2S2. The second kappa shape index (κ2) is 6.16. The Morgan fingerprint density at radius 3 is 2.79 bits per heavy atom. The largest absolute Gasteiger partial charge is 0.384 e. The van der Waals surface area contributed by atoms with Gasteiger partial charge in [0, 0.05) is 24.5 Å². The lowest BCUT2D eigenvalue weighted by Crippen LogP contribution is -2.11. The molecule has 0 aliphatic rings. The van der Waals surface area contributed by atoms with Crippen LogP contribution in [0.1, 0.15) is 11.9 Å². The smallest absolute Gasteiger partial charge is 0.180 e. The van der Waals surface area contributed by atoms with Crippen molar-refractivity contribution in [2.45, 2.75) is 18.2 Å². The molecular weight excluding hydrogens is 280 g/mol. The lowest BCUT2D eigenvalue weighted by atomic mass is 10.3. The SMILES string of the molecule is CCS(=O)(=O)c1ccccc1NCCc1nccs1. The Morgan fingerprint density at radius 2 is 2.11 bits per heavy atom. The van der Waals surface area contributed by atoms with Crippen molar-refractivity contribution in [1.82, 2.24) is 4.98 Å².